The average Bonchev–Trinajstić information content (AvgIpc) is 3.20. The largest absolute Gasteiger partial charge is 0.480 e. The molecule has 1 fully saturated rings. The summed E-state index contributed by atoms with van der Waals surface area (Å²) in [5.41, 5.74) is 3.39. The molecule has 0 aliphatic heterocycles. The zero-order valence-electron chi connectivity index (χ0n) is 19.5. The summed E-state index contributed by atoms with van der Waals surface area (Å²) < 4.78 is 22.4. The molecule has 3 aromatic rings. The van der Waals surface area contributed by atoms with Crippen molar-refractivity contribution in [2.24, 2.45) is 11.8 Å². The lowest BCUT2D eigenvalue weighted by Gasteiger charge is -2.28. The minimum absolute atomic E-state index is 0.0487. The molecule has 0 unspecified atom stereocenters. The average molecular weight is 501 g/mol. The number of nitrogens with zero attached hydrogens (tertiary/aromatic N) is 2. The number of carboxylic acid groups (broad SMARTS) is 1. The smallest absolute Gasteiger partial charge is 0.329 e. The quantitative estimate of drug-likeness (QED) is 0.386. The van der Waals surface area contributed by atoms with Crippen LogP contribution in [0, 0.1) is 17.7 Å². The fourth-order valence-corrected chi connectivity index (χ4v) is 5.10. The molecule has 0 radical (unpaired) electrons. The third-order valence-corrected chi connectivity index (χ3v) is 6.94. The van der Waals surface area contributed by atoms with E-state index in [0.717, 1.165) is 36.9 Å². The number of hydrogen-bond acceptors (Lipinski definition) is 4. The molecule has 8 heteroatoms. The molecule has 0 spiro atoms. The van der Waals surface area contributed by atoms with Crippen molar-refractivity contribution in [2.75, 3.05) is 19.8 Å². The molecule has 1 aromatic heterocycles. The van der Waals surface area contributed by atoms with E-state index in [2.05, 4.69) is 0 Å². The molecule has 0 amide bonds. The third-order valence-electron chi connectivity index (χ3n) is 6.65. The van der Waals surface area contributed by atoms with Crippen LogP contribution in [0.1, 0.15) is 31.4 Å². The fourth-order valence-electron chi connectivity index (χ4n) is 4.92. The molecule has 4 rings (SSSR count). The summed E-state index contributed by atoms with van der Waals surface area (Å²) in [6.07, 6.45) is 4.21. The van der Waals surface area contributed by atoms with Gasteiger partial charge in [-0.1, -0.05) is 54.1 Å². The highest BCUT2D eigenvalue weighted by atomic mass is 35.5. The van der Waals surface area contributed by atoms with E-state index in [-0.39, 0.29) is 18.2 Å². The molecule has 35 heavy (non-hydrogen) atoms. The van der Waals surface area contributed by atoms with Crippen LogP contribution in [0.4, 0.5) is 4.39 Å². The lowest BCUT2D eigenvalue weighted by molar-refractivity contribution is -0.142. The first-order chi connectivity index (χ1) is 17.0. The van der Waals surface area contributed by atoms with E-state index >= 15 is 4.39 Å². The van der Waals surface area contributed by atoms with E-state index in [4.69, 9.17) is 26.5 Å². The zero-order chi connectivity index (χ0) is 24.8. The summed E-state index contributed by atoms with van der Waals surface area (Å²) in [6.45, 7) is 0.790. The molecular formula is C27H30ClFN2O4. The van der Waals surface area contributed by atoms with E-state index in [1.807, 2.05) is 35.0 Å². The molecule has 0 bridgehead atoms. The third kappa shape index (κ3) is 6.10. The highest BCUT2D eigenvalue weighted by Gasteiger charge is 2.27. The van der Waals surface area contributed by atoms with Crippen LogP contribution in [0.5, 0.6) is 0 Å². The van der Waals surface area contributed by atoms with Gasteiger partial charge in [-0.05, 0) is 43.6 Å². The molecule has 6 nitrogen and oxygen atoms in total. The minimum Gasteiger partial charge on any atom is -0.480 e. The van der Waals surface area contributed by atoms with Crippen molar-refractivity contribution in [2.45, 2.75) is 38.6 Å². The van der Waals surface area contributed by atoms with Crippen molar-refractivity contribution >= 4 is 17.6 Å². The molecule has 1 aliphatic rings. The molecule has 0 saturated heterocycles. The van der Waals surface area contributed by atoms with Crippen molar-refractivity contribution in [3.63, 3.8) is 0 Å². The van der Waals surface area contributed by atoms with Crippen LogP contribution in [-0.4, -0.2) is 45.8 Å². The van der Waals surface area contributed by atoms with Gasteiger partial charge in [0.05, 0.1) is 11.6 Å². The van der Waals surface area contributed by atoms with Crippen LogP contribution < -0.4 is 0 Å². The van der Waals surface area contributed by atoms with Gasteiger partial charge in [-0.2, -0.15) is 5.10 Å². The molecule has 1 aliphatic carbocycles. The normalized spacial score (nSPS) is 18.0. The maximum Gasteiger partial charge on any atom is 0.329 e. The second kappa shape index (κ2) is 11.8. The number of aliphatic carboxylic acids is 1. The van der Waals surface area contributed by atoms with E-state index in [1.54, 1.807) is 12.1 Å². The van der Waals surface area contributed by atoms with Crippen molar-refractivity contribution in [3.8, 4) is 22.4 Å². The van der Waals surface area contributed by atoms with Crippen LogP contribution in [0.25, 0.3) is 22.4 Å². The summed E-state index contributed by atoms with van der Waals surface area (Å²) in [4.78, 5) is 10.7. The second-order valence-corrected chi connectivity index (χ2v) is 9.50. The van der Waals surface area contributed by atoms with Gasteiger partial charge in [0.15, 0.2) is 0 Å². The maximum atomic E-state index is 15.2. The first-order valence-electron chi connectivity index (χ1n) is 12.0. The maximum absolute atomic E-state index is 15.2. The summed E-state index contributed by atoms with van der Waals surface area (Å²) in [5.74, 6) is -0.707. The minimum atomic E-state index is -0.949. The van der Waals surface area contributed by atoms with E-state index < -0.39 is 11.8 Å². The van der Waals surface area contributed by atoms with E-state index in [1.165, 1.54) is 6.07 Å². The summed E-state index contributed by atoms with van der Waals surface area (Å²) >= 11 is 6.13. The number of aliphatic hydroxyl groups excluding tert-OH is 1. The number of carboxylic acids is 1. The number of ether oxygens (including phenoxy) is 1. The molecule has 2 aromatic carbocycles. The number of aliphatic hydroxyl groups is 1. The lowest BCUT2D eigenvalue weighted by Crippen LogP contribution is -2.24. The number of benzene rings is 2. The Morgan fingerprint density at radius 3 is 2.49 bits per heavy atom. The van der Waals surface area contributed by atoms with Crippen molar-refractivity contribution < 1.29 is 24.1 Å². The second-order valence-electron chi connectivity index (χ2n) is 9.09. The Balaban J connectivity index is 1.62. The number of carbonyl (C=O) groups is 1. The SMILES string of the molecule is O=C(O)COC[C@H]1CC[C@@H](Cn2nc(-c3ccccc3)c(-c3cccc(Cl)c3F)c2CCO)CC1. The van der Waals surface area contributed by atoms with Gasteiger partial charge in [0.1, 0.15) is 18.1 Å². The van der Waals surface area contributed by atoms with Gasteiger partial charge in [0, 0.05) is 42.0 Å². The van der Waals surface area contributed by atoms with Crippen molar-refractivity contribution in [1.82, 2.24) is 9.78 Å². The lowest BCUT2D eigenvalue weighted by atomic mass is 9.82. The highest BCUT2D eigenvalue weighted by Crippen LogP contribution is 2.39. The first kappa shape index (κ1) is 25.4. The monoisotopic (exact) mass is 500 g/mol. The molecule has 186 valence electrons. The summed E-state index contributed by atoms with van der Waals surface area (Å²) in [6, 6.07) is 14.6. The Hall–Kier alpha value is -2.74. The summed E-state index contributed by atoms with van der Waals surface area (Å²) in [5, 5.41) is 23.6. The Kier molecular flexibility index (Phi) is 8.55. The van der Waals surface area contributed by atoms with Gasteiger partial charge in [0.25, 0.3) is 0 Å². The van der Waals surface area contributed by atoms with Gasteiger partial charge in [-0.3, -0.25) is 4.68 Å². The van der Waals surface area contributed by atoms with E-state index in [9.17, 15) is 9.90 Å². The highest BCUT2D eigenvalue weighted by molar-refractivity contribution is 6.31. The fraction of sp³-hybridized carbons (Fsp3) is 0.407. The molecule has 1 saturated carbocycles. The summed E-state index contributed by atoms with van der Waals surface area (Å²) in [7, 11) is 0. The van der Waals surface area contributed by atoms with Crippen LogP contribution in [0.15, 0.2) is 48.5 Å². The predicted molar refractivity (Wildman–Crippen MR) is 133 cm³/mol. The Morgan fingerprint density at radius 2 is 1.80 bits per heavy atom. The van der Waals surface area contributed by atoms with Gasteiger partial charge >= 0.3 is 5.97 Å². The standard InChI is InChI=1S/C27H30ClFN2O4/c28-22-8-4-7-21(26(22)29)25-23(13-14-32)31(30-27(25)20-5-2-1-3-6-20)15-18-9-11-19(12-10-18)16-35-17-24(33)34/h1-8,18-19,32H,9-17H2,(H,33,34)/t18-,19+. The number of hydrogen-bond donors (Lipinski definition) is 2. The van der Waals surface area contributed by atoms with Gasteiger partial charge in [-0.15, -0.1) is 0 Å². The zero-order valence-corrected chi connectivity index (χ0v) is 20.3. The van der Waals surface area contributed by atoms with Gasteiger partial charge in [-0.25, -0.2) is 9.18 Å². The van der Waals surface area contributed by atoms with Crippen molar-refractivity contribution in [1.29, 1.82) is 0 Å². The Labute approximate surface area is 209 Å². The van der Waals surface area contributed by atoms with Crippen LogP contribution >= 0.6 is 11.6 Å². The molecule has 0 atom stereocenters. The molecule has 1 heterocycles. The van der Waals surface area contributed by atoms with Crippen LogP contribution in [0.2, 0.25) is 5.02 Å². The first-order valence-corrected chi connectivity index (χ1v) is 12.4. The predicted octanol–water partition coefficient (Wildman–Crippen LogP) is 5.45. The van der Waals surface area contributed by atoms with Gasteiger partial charge < -0.3 is 14.9 Å². The Bertz CT molecular complexity index is 1140. The van der Waals surface area contributed by atoms with Gasteiger partial charge in [0.2, 0.25) is 0 Å². The van der Waals surface area contributed by atoms with Crippen LogP contribution in [0.3, 0.4) is 0 Å². The van der Waals surface area contributed by atoms with Crippen molar-refractivity contribution in [3.05, 3.63) is 65.1 Å². The topological polar surface area (TPSA) is 84.6 Å². The molecular weight excluding hydrogens is 471 g/mol. The molecule has 2 N–H and O–H groups in total. The number of aromatic nitrogens is 2. The number of halogens is 2. The van der Waals surface area contributed by atoms with E-state index in [0.29, 0.717) is 48.2 Å². The number of rotatable bonds is 10. The van der Waals surface area contributed by atoms with Crippen LogP contribution in [-0.2, 0) is 22.5 Å². The Morgan fingerprint density at radius 1 is 1.09 bits per heavy atom.